The van der Waals surface area contributed by atoms with Crippen molar-refractivity contribution in [2.24, 2.45) is 12.0 Å². The van der Waals surface area contributed by atoms with Crippen molar-refractivity contribution in [2.75, 3.05) is 38.1 Å². The van der Waals surface area contributed by atoms with Crippen molar-refractivity contribution in [3.8, 4) is 0 Å². The van der Waals surface area contributed by atoms with Gasteiger partial charge in [-0.15, -0.1) is 10.2 Å². The van der Waals surface area contributed by atoms with Crippen LogP contribution in [0.4, 0.5) is 5.95 Å². The van der Waals surface area contributed by atoms with Gasteiger partial charge in [0.05, 0.1) is 6.54 Å². The largest absolute Gasteiger partial charge is 0.349 e. The third kappa shape index (κ3) is 3.44. The molecule has 0 bridgehead atoms. The summed E-state index contributed by atoms with van der Waals surface area (Å²) in [4.78, 5) is 17.4. The van der Waals surface area contributed by atoms with E-state index < -0.39 is 0 Å². The number of aliphatic imine (C=N–C) groups is 1. The van der Waals surface area contributed by atoms with Gasteiger partial charge in [0, 0.05) is 52.7 Å². The van der Waals surface area contributed by atoms with Gasteiger partial charge in [-0.05, 0) is 13.0 Å². The van der Waals surface area contributed by atoms with E-state index in [0.29, 0.717) is 6.54 Å². The van der Waals surface area contributed by atoms with E-state index in [1.165, 1.54) is 0 Å². The molecule has 128 valence electrons. The van der Waals surface area contributed by atoms with Crippen LogP contribution in [0, 0.1) is 6.92 Å². The number of anilines is 1. The summed E-state index contributed by atoms with van der Waals surface area (Å²) >= 11 is 0. The van der Waals surface area contributed by atoms with Crippen LogP contribution in [-0.4, -0.2) is 68.8 Å². The van der Waals surface area contributed by atoms with Crippen LogP contribution in [0.5, 0.6) is 0 Å². The van der Waals surface area contributed by atoms with Crippen LogP contribution in [-0.2, 0) is 13.6 Å². The van der Waals surface area contributed by atoms with Gasteiger partial charge in [0.1, 0.15) is 5.82 Å². The number of piperazine rings is 1. The predicted molar refractivity (Wildman–Crippen MR) is 91.8 cm³/mol. The summed E-state index contributed by atoms with van der Waals surface area (Å²) in [5.74, 6) is 3.46. The van der Waals surface area contributed by atoms with Gasteiger partial charge in [-0.3, -0.25) is 4.99 Å². The van der Waals surface area contributed by atoms with Gasteiger partial charge in [0.15, 0.2) is 11.8 Å². The fraction of sp³-hybridized carbons (Fsp3) is 0.533. The third-order valence-electron chi connectivity index (χ3n) is 4.21. The Bertz CT molecular complexity index is 686. The average Bonchev–Trinajstić information content (AvgIpc) is 2.96. The third-order valence-corrected chi connectivity index (χ3v) is 4.21. The number of nitrogens with one attached hydrogen (secondary N) is 1. The van der Waals surface area contributed by atoms with Gasteiger partial charge >= 0.3 is 0 Å². The van der Waals surface area contributed by atoms with Crippen LogP contribution >= 0.6 is 0 Å². The lowest BCUT2D eigenvalue weighted by atomic mass is 10.3. The summed E-state index contributed by atoms with van der Waals surface area (Å²) in [5.41, 5.74) is 0. The van der Waals surface area contributed by atoms with E-state index in [9.17, 15) is 0 Å². The molecule has 1 aliphatic rings. The minimum absolute atomic E-state index is 0.603. The second-order valence-corrected chi connectivity index (χ2v) is 5.65. The van der Waals surface area contributed by atoms with E-state index in [0.717, 1.165) is 49.7 Å². The monoisotopic (exact) mass is 329 g/mol. The highest BCUT2D eigenvalue weighted by atomic mass is 15.4. The molecule has 1 saturated heterocycles. The smallest absolute Gasteiger partial charge is 0.225 e. The van der Waals surface area contributed by atoms with Crippen molar-refractivity contribution >= 4 is 11.9 Å². The Kier molecular flexibility index (Phi) is 4.88. The second-order valence-electron chi connectivity index (χ2n) is 5.65. The Balaban J connectivity index is 1.55. The molecule has 24 heavy (non-hydrogen) atoms. The van der Waals surface area contributed by atoms with Gasteiger partial charge in [-0.1, -0.05) is 0 Å². The molecule has 0 aliphatic carbocycles. The molecular weight excluding hydrogens is 306 g/mol. The zero-order valence-corrected chi connectivity index (χ0v) is 14.3. The number of hydrogen-bond acceptors (Lipinski definition) is 6. The molecule has 2 aromatic rings. The molecule has 0 spiro atoms. The van der Waals surface area contributed by atoms with Crippen molar-refractivity contribution < 1.29 is 0 Å². The lowest BCUT2D eigenvalue weighted by Gasteiger charge is -2.36. The van der Waals surface area contributed by atoms with Crippen LogP contribution in [0.15, 0.2) is 23.5 Å². The number of guanidine groups is 1. The van der Waals surface area contributed by atoms with E-state index >= 15 is 0 Å². The summed E-state index contributed by atoms with van der Waals surface area (Å²) in [7, 11) is 3.77. The number of hydrogen-bond donors (Lipinski definition) is 1. The van der Waals surface area contributed by atoms with Gasteiger partial charge in [-0.25, -0.2) is 9.97 Å². The Morgan fingerprint density at radius 2 is 1.88 bits per heavy atom. The molecule has 0 saturated carbocycles. The van der Waals surface area contributed by atoms with Crippen LogP contribution in [0.1, 0.15) is 11.6 Å². The van der Waals surface area contributed by atoms with E-state index in [2.05, 4.69) is 40.3 Å². The molecule has 9 heteroatoms. The molecule has 3 heterocycles. The second kappa shape index (κ2) is 7.24. The number of aryl methyl sites for hydroxylation is 1. The average molecular weight is 329 g/mol. The molecule has 1 N–H and O–H groups in total. The molecule has 0 amide bonds. The molecule has 1 fully saturated rings. The fourth-order valence-corrected chi connectivity index (χ4v) is 2.67. The summed E-state index contributed by atoms with van der Waals surface area (Å²) in [6.45, 7) is 6.02. The molecule has 0 atom stereocenters. The first-order valence-electron chi connectivity index (χ1n) is 8.01. The Morgan fingerprint density at radius 3 is 2.46 bits per heavy atom. The van der Waals surface area contributed by atoms with Crippen molar-refractivity contribution in [1.82, 2.24) is 34.9 Å². The van der Waals surface area contributed by atoms with Gasteiger partial charge < -0.3 is 19.7 Å². The molecular formula is C15H23N9. The van der Waals surface area contributed by atoms with E-state index in [1.54, 1.807) is 19.4 Å². The molecule has 0 radical (unpaired) electrons. The fourth-order valence-electron chi connectivity index (χ4n) is 2.67. The molecule has 1 aliphatic heterocycles. The quantitative estimate of drug-likeness (QED) is 0.617. The first-order chi connectivity index (χ1) is 11.7. The first-order valence-corrected chi connectivity index (χ1v) is 8.01. The SMILES string of the molecule is CN=C(NCc1nnc(C)n1C)N1CCN(c2ncccn2)CC1. The Morgan fingerprint density at radius 1 is 1.17 bits per heavy atom. The van der Waals surface area contributed by atoms with Crippen molar-refractivity contribution in [2.45, 2.75) is 13.5 Å². The summed E-state index contributed by atoms with van der Waals surface area (Å²) in [5, 5.41) is 11.6. The molecule has 9 nitrogen and oxygen atoms in total. The van der Waals surface area contributed by atoms with Gasteiger partial charge in [0.2, 0.25) is 5.95 Å². The zero-order chi connectivity index (χ0) is 16.9. The lowest BCUT2D eigenvalue weighted by molar-refractivity contribution is 0.369. The maximum atomic E-state index is 4.39. The highest BCUT2D eigenvalue weighted by molar-refractivity contribution is 5.80. The van der Waals surface area contributed by atoms with Crippen LogP contribution in [0.2, 0.25) is 0 Å². The topological polar surface area (TPSA) is 87.4 Å². The van der Waals surface area contributed by atoms with Crippen LogP contribution in [0.3, 0.4) is 0 Å². The van der Waals surface area contributed by atoms with Crippen molar-refractivity contribution in [3.05, 3.63) is 30.1 Å². The zero-order valence-electron chi connectivity index (χ0n) is 14.3. The molecule has 3 rings (SSSR count). The normalized spacial score (nSPS) is 15.7. The number of aromatic nitrogens is 5. The minimum atomic E-state index is 0.603. The summed E-state index contributed by atoms with van der Waals surface area (Å²) in [6.07, 6.45) is 3.55. The number of nitrogens with zero attached hydrogens (tertiary/aromatic N) is 8. The van der Waals surface area contributed by atoms with Crippen LogP contribution < -0.4 is 10.2 Å². The van der Waals surface area contributed by atoms with E-state index in [1.807, 2.05) is 24.6 Å². The van der Waals surface area contributed by atoms with E-state index in [-0.39, 0.29) is 0 Å². The maximum absolute atomic E-state index is 4.39. The first kappa shape index (κ1) is 16.2. The Labute approximate surface area is 141 Å². The highest BCUT2D eigenvalue weighted by Gasteiger charge is 2.21. The van der Waals surface area contributed by atoms with Crippen molar-refractivity contribution in [1.29, 1.82) is 0 Å². The van der Waals surface area contributed by atoms with E-state index in [4.69, 9.17) is 0 Å². The van der Waals surface area contributed by atoms with Gasteiger partial charge in [0.25, 0.3) is 0 Å². The number of rotatable bonds is 3. The molecule has 0 unspecified atom stereocenters. The molecule has 0 aromatic carbocycles. The van der Waals surface area contributed by atoms with Crippen LogP contribution in [0.25, 0.3) is 0 Å². The highest BCUT2D eigenvalue weighted by Crippen LogP contribution is 2.10. The Hall–Kier alpha value is -2.71. The van der Waals surface area contributed by atoms with Gasteiger partial charge in [-0.2, -0.15) is 0 Å². The summed E-state index contributed by atoms with van der Waals surface area (Å²) < 4.78 is 1.98. The standard InChI is InChI=1S/C15H23N9/c1-12-20-21-13(22(12)3)11-19-14(16-2)23-7-9-24(10-8-23)15-17-5-4-6-18-15/h4-6H,7-11H2,1-3H3,(H,16,19). The lowest BCUT2D eigenvalue weighted by Crippen LogP contribution is -2.52. The summed E-state index contributed by atoms with van der Waals surface area (Å²) in [6, 6.07) is 1.83. The predicted octanol–water partition coefficient (Wildman–Crippen LogP) is -0.189. The maximum Gasteiger partial charge on any atom is 0.225 e. The minimum Gasteiger partial charge on any atom is -0.349 e. The van der Waals surface area contributed by atoms with Crippen molar-refractivity contribution in [3.63, 3.8) is 0 Å². The molecule has 2 aromatic heterocycles.